The molecule has 1 aliphatic rings. The predicted octanol–water partition coefficient (Wildman–Crippen LogP) is 2.69. The van der Waals surface area contributed by atoms with Crippen molar-refractivity contribution in [2.75, 3.05) is 30.4 Å². The lowest BCUT2D eigenvalue weighted by Crippen LogP contribution is -2.34. The molecule has 0 radical (unpaired) electrons. The Kier molecular flexibility index (Phi) is 6.95. The molecule has 0 aliphatic heterocycles. The molecule has 23 heavy (non-hydrogen) atoms. The number of nitrogens with one attached hydrogen (secondary N) is 1. The molecule has 0 unspecified atom stereocenters. The molecule has 1 N–H and O–H groups in total. The van der Waals surface area contributed by atoms with Gasteiger partial charge in [-0.2, -0.15) is 0 Å². The van der Waals surface area contributed by atoms with E-state index < -0.39 is 0 Å². The Morgan fingerprint density at radius 1 is 1.35 bits per heavy atom. The van der Waals surface area contributed by atoms with Crippen molar-refractivity contribution in [3.05, 3.63) is 11.8 Å². The summed E-state index contributed by atoms with van der Waals surface area (Å²) >= 11 is 1.32. The summed E-state index contributed by atoms with van der Waals surface area (Å²) in [5.74, 6) is 2.17. The van der Waals surface area contributed by atoms with Gasteiger partial charge in [0, 0.05) is 19.7 Å². The summed E-state index contributed by atoms with van der Waals surface area (Å²) in [5.41, 5.74) is 0. The van der Waals surface area contributed by atoms with Crippen molar-refractivity contribution >= 4 is 29.4 Å². The van der Waals surface area contributed by atoms with Gasteiger partial charge in [0.25, 0.3) is 0 Å². The third-order valence-corrected chi connectivity index (χ3v) is 4.95. The van der Waals surface area contributed by atoms with Crippen LogP contribution in [0, 0.1) is 12.8 Å². The highest BCUT2D eigenvalue weighted by Gasteiger charge is 2.18. The van der Waals surface area contributed by atoms with Crippen molar-refractivity contribution in [2.45, 2.75) is 39.0 Å². The number of aryl methyl sites for hydroxylation is 1. The third-order valence-electron chi connectivity index (χ3n) is 4.04. The van der Waals surface area contributed by atoms with Crippen LogP contribution in [0.2, 0.25) is 0 Å². The number of thioether (sulfide) groups is 1. The van der Waals surface area contributed by atoms with Gasteiger partial charge in [-0.25, -0.2) is 0 Å². The normalized spacial score (nSPS) is 15.4. The molecule has 2 amide bonds. The maximum atomic E-state index is 12.1. The van der Waals surface area contributed by atoms with Gasteiger partial charge in [0.1, 0.15) is 5.76 Å². The topological polar surface area (TPSA) is 75.4 Å². The van der Waals surface area contributed by atoms with Crippen molar-refractivity contribution in [3.8, 4) is 0 Å². The summed E-state index contributed by atoms with van der Waals surface area (Å²) < 4.78 is 4.88. The SMILES string of the molecule is Cc1cc(NC(=O)CSCC(=O)N(C)CC2CCCCC2)no1. The van der Waals surface area contributed by atoms with Crippen molar-refractivity contribution < 1.29 is 14.1 Å². The Morgan fingerprint density at radius 2 is 2.09 bits per heavy atom. The molecule has 0 aromatic carbocycles. The second-order valence-electron chi connectivity index (χ2n) is 6.14. The Labute approximate surface area is 141 Å². The van der Waals surface area contributed by atoms with Gasteiger partial charge in [-0.3, -0.25) is 9.59 Å². The molecule has 1 heterocycles. The van der Waals surface area contributed by atoms with E-state index >= 15 is 0 Å². The molecule has 2 rings (SSSR count). The van der Waals surface area contributed by atoms with Crippen LogP contribution in [0.5, 0.6) is 0 Å². The molecule has 1 fully saturated rings. The highest BCUT2D eigenvalue weighted by molar-refractivity contribution is 8.00. The van der Waals surface area contributed by atoms with Crippen molar-refractivity contribution in [1.82, 2.24) is 10.1 Å². The second-order valence-corrected chi connectivity index (χ2v) is 7.13. The van der Waals surface area contributed by atoms with E-state index in [2.05, 4.69) is 10.5 Å². The molecular formula is C16H25N3O3S. The molecule has 128 valence electrons. The van der Waals surface area contributed by atoms with Crippen LogP contribution in [-0.4, -0.2) is 47.0 Å². The number of aromatic nitrogens is 1. The van der Waals surface area contributed by atoms with Gasteiger partial charge in [0.15, 0.2) is 5.82 Å². The van der Waals surface area contributed by atoms with Crippen LogP contribution >= 0.6 is 11.8 Å². The Bertz CT molecular complexity index is 526. The first-order valence-corrected chi connectivity index (χ1v) is 9.25. The number of rotatable bonds is 7. The number of nitrogens with zero attached hydrogens (tertiary/aromatic N) is 2. The average Bonchev–Trinajstić information content (AvgIpc) is 2.93. The highest BCUT2D eigenvalue weighted by atomic mass is 32.2. The predicted molar refractivity (Wildman–Crippen MR) is 91.4 cm³/mol. The average molecular weight is 339 g/mol. The molecule has 1 aromatic rings. The van der Waals surface area contributed by atoms with E-state index in [0.717, 1.165) is 6.54 Å². The lowest BCUT2D eigenvalue weighted by atomic mass is 9.89. The van der Waals surface area contributed by atoms with Crippen LogP contribution < -0.4 is 5.32 Å². The van der Waals surface area contributed by atoms with E-state index in [1.54, 1.807) is 13.0 Å². The molecule has 1 aromatic heterocycles. The summed E-state index contributed by atoms with van der Waals surface area (Å²) in [5, 5.41) is 6.34. The summed E-state index contributed by atoms with van der Waals surface area (Å²) in [4.78, 5) is 25.7. The van der Waals surface area contributed by atoms with Gasteiger partial charge in [-0.15, -0.1) is 11.8 Å². The van der Waals surface area contributed by atoms with Gasteiger partial charge in [0.05, 0.1) is 11.5 Å². The first-order valence-electron chi connectivity index (χ1n) is 8.09. The van der Waals surface area contributed by atoms with Crippen LogP contribution in [-0.2, 0) is 9.59 Å². The third kappa shape index (κ3) is 6.25. The fourth-order valence-electron chi connectivity index (χ4n) is 2.80. The van der Waals surface area contributed by atoms with E-state index in [0.29, 0.717) is 23.2 Å². The molecule has 1 saturated carbocycles. The lowest BCUT2D eigenvalue weighted by molar-refractivity contribution is -0.127. The van der Waals surface area contributed by atoms with Crippen LogP contribution in [0.25, 0.3) is 0 Å². The lowest BCUT2D eigenvalue weighted by Gasteiger charge is -2.27. The van der Waals surface area contributed by atoms with Gasteiger partial charge in [-0.05, 0) is 25.7 Å². The smallest absolute Gasteiger partial charge is 0.235 e. The fraction of sp³-hybridized carbons (Fsp3) is 0.688. The Balaban J connectivity index is 1.62. The minimum Gasteiger partial charge on any atom is -0.360 e. The van der Waals surface area contributed by atoms with E-state index in [4.69, 9.17) is 4.52 Å². The van der Waals surface area contributed by atoms with E-state index in [9.17, 15) is 9.59 Å². The maximum absolute atomic E-state index is 12.1. The Morgan fingerprint density at radius 3 is 2.74 bits per heavy atom. The van der Waals surface area contributed by atoms with Gasteiger partial charge in [-0.1, -0.05) is 24.4 Å². The van der Waals surface area contributed by atoms with Crippen molar-refractivity contribution in [3.63, 3.8) is 0 Å². The van der Waals surface area contributed by atoms with Gasteiger partial charge in [0.2, 0.25) is 11.8 Å². The van der Waals surface area contributed by atoms with Crippen LogP contribution in [0.1, 0.15) is 37.9 Å². The second kappa shape index (κ2) is 8.96. The molecule has 0 bridgehead atoms. The summed E-state index contributed by atoms with van der Waals surface area (Å²) in [6, 6.07) is 1.66. The number of carbonyl (C=O) groups is 2. The molecule has 0 atom stereocenters. The van der Waals surface area contributed by atoms with Gasteiger partial charge < -0.3 is 14.7 Å². The molecule has 0 spiro atoms. The van der Waals surface area contributed by atoms with Crippen LogP contribution in [0.4, 0.5) is 5.82 Å². The van der Waals surface area contributed by atoms with Crippen LogP contribution in [0.15, 0.2) is 10.6 Å². The standard InChI is InChI=1S/C16H25N3O3S/c1-12-8-14(18-22-12)17-15(20)10-23-11-16(21)19(2)9-13-6-4-3-5-7-13/h8,13H,3-7,9-11H2,1-2H3,(H,17,18,20). The zero-order valence-corrected chi connectivity index (χ0v) is 14.7. The first-order chi connectivity index (χ1) is 11.0. The summed E-state index contributed by atoms with van der Waals surface area (Å²) in [6.45, 7) is 2.60. The largest absolute Gasteiger partial charge is 0.360 e. The first kappa shape index (κ1) is 17.8. The van der Waals surface area contributed by atoms with E-state index in [1.807, 2.05) is 11.9 Å². The fourth-order valence-corrected chi connectivity index (χ4v) is 3.56. The maximum Gasteiger partial charge on any atom is 0.235 e. The van der Waals surface area contributed by atoms with E-state index in [-0.39, 0.29) is 17.6 Å². The Hall–Kier alpha value is -1.50. The molecule has 1 aliphatic carbocycles. The minimum absolute atomic E-state index is 0.0886. The number of anilines is 1. The van der Waals surface area contributed by atoms with Gasteiger partial charge >= 0.3 is 0 Å². The molecular weight excluding hydrogens is 314 g/mol. The number of hydrogen-bond donors (Lipinski definition) is 1. The van der Waals surface area contributed by atoms with E-state index in [1.165, 1.54) is 43.9 Å². The quantitative estimate of drug-likeness (QED) is 0.826. The number of amides is 2. The highest BCUT2D eigenvalue weighted by Crippen LogP contribution is 2.24. The van der Waals surface area contributed by atoms with Crippen molar-refractivity contribution in [1.29, 1.82) is 0 Å². The number of carbonyl (C=O) groups excluding carboxylic acids is 2. The summed E-state index contributed by atoms with van der Waals surface area (Å²) in [7, 11) is 1.86. The molecule has 0 saturated heterocycles. The zero-order chi connectivity index (χ0) is 16.7. The molecule has 6 nitrogen and oxygen atoms in total. The monoisotopic (exact) mass is 339 g/mol. The summed E-state index contributed by atoms with van der Waals surface area (Å²) in [6.07, 6.45) is 6.34. The van der Waals surface area contributed by atoms with Crippen LogP contribution in [0.3, 0.4) is 0 Å². The van der Waals surface area contributed by atoms with Crippen molar-refractivity contribution in [2.24, 2.45) is 5.92 Å². The molecule has 7 heteroatoms. The number of hydrogen-bond acceptors (Lipinski definition) is 5. The minimum atomic E-state index is -0.175. The zero-order valence-electron chi connectivity index (χ0n) is 13.8.